The Bertz CT molecular complexity index is 578. The highest BCUT2D eigenvalue weighted by Crippen LogP contribution is 2.13. The lowest BCUT2D eigenvalue weighted by molar-refractivity contribution is 0.232. The molecule has 0 amide bonds. The normalized spacial score (nSPS) is 11.6. The molecule has 0 radical (unpaired) electrons. The van der Waals surface area contributed by atoms with Gasteiger partial charge in [-0.25, -0.2) is 4.98 Å². The number of nitrogens with one attached hydrogen (secondary N) is 1. The van der Waals surface area contributed by atoms with E-state index < -0.39 is 0 Å². The number of nitrogens with zero attached hydrogens (tertiary/aromatic N) is 2. The number of nitriles is 1. The molecule has 0 bridgehead atoms. The predicted molar refractivity (Wildman–Crippen MR) is 78.2 cm³/mol. The summed E-state index contributed by atoms with van der Waals surface area (Å²) in [7, 11) is 0. The summed E-state index contributed by atoms with van der Waals surface area (Å²) in [4.78, 5) is 4.15. The van der Waals surface area contributed by atoms with Crippen molar-refractivity contribution in [3.8, 4) is 6.07 Å². The molecule has 0 spiro atoms. The molecule has 2 N–H and O–H groups in total. The molecule has 4 heteroatoms. The second-order valence-corrected chi connectivity index (χ2v) is 4.63. The molecular weight excluding hydrogens is 250 g/mol. The van der Waals surface area contributed by atoms with E-state index in [1.807, 2.05) is 30.3 Å². The van der Waals surface area contributed by atoms with E-state index in [9.17, 15) is 5.11 Å². The SMILES string of the molecule is N#Cc1cccnc1NCC(CO)Cc1ccccc1. The maximum Gasteiger partial charge on any atom is 0.143 e. The molecule has 1 heterocycles. The van der Waals surface area contributed by atoms with E-state index in [1.54, 1.807) is 18.3 Å². The van der Waals surface area contributed by atoms with E-state index in [0.29, 0.717) is 17.9 Å². The van der Waals surface area contributed by atoms with E-state index in [-0.39, 0.29) is 12.5 Å². The molecule has 2 aromatic rings. The summed E-state index contributed by atoms with van der Waals surface area (Å²) >= 11 is 0. The molecule has 0 aliphatic heterocycles. The zero-order valence-electron chi connectivity index (χ0n) is 11.2. The fourth-order valence-electron chi connectivity index (χ4n) is 2.03. The van der Waals surface area contributed by atoms with Crippen LogP contribution in [-0.2, 0) is 6.42 Å². The molecule has 1 atom stereocenters. The first kappa shape index (κ1) is 14.0. The molecule has 1 unspecified atom stereocenters. The predicted octanol–water partition coefficient (Wildman–Crippen LogP) is 2.22. The van der Waals surface area contributed by atoms with Gasteiger partial charge in [-0.3, -0.25) is 0 Å². The second-order valence-electron chi connectivity index (χ2n) is 4.63. The lowest BCUT2D eigenvalue weighted by Gasteiger charge is -2.16. The standard InChI is InChI=1S/C16H17N3O/c17-10-15-7-4-8-18-16(15)19-11-14(12-20)9-13-5-2-1-3-6-13/h1-8,14,20H,9,11-12H2,(H,18,19). The third-order valence-corrected chi connectivity index (χ3v) is 3.11. The Morgan fingerprint density at radius 2 is 2.00 bits per heavy atom. The van der Waals surface area contributed by atoms with Crippen LogP contribution >= 0.6 is 0 Å². The zero-order chi connectivity index (χ0) is 14.2. The van der Waals surface area contributed by atoms with Crippen LogP contribution in [0.3, 0.4) is 0 Å². The van der Waals surface area contributed by atoms with Gasteiger partial charge < -0.3 is 10.4 Å². The summed E-state index contributed by atoms with van der Waals surface area (Å²) in [5.41, 5.74) is 1.71. The molecule has 1 aromatic heterocycles. The summed E-state index contributed by atoms with van der Waals surface area (Å²) in [5.74, 6) is 0.660. The fourth-order valence-corrected chi connectivity index (χ4v) is 2.03. The van der Waals surface area contributed by atoms with Gasteiger partial charge in [-0.2, -0.15) is 5.26 Å². The molecule has 0 saturated heterocycles. The van der Waals surface area contributed by atoms with E-state index in [0.717, 1.165) is 6.42 Å². The van der Waals surface area contributed by atoms with Crippen molar-refractivity contribution in [2.24, 2.45) is 5.92 Å². The van der Waals surface area contributed by atoms with Crippen molar-refractivity contribution in [2.75, 3.05) is 18.5 Å². The van der Waals surface area contributed by atoms with Gasteiger partial charge in [0.2, 0.25) is 0 Å². The molecule has 1 aromatic carbocycles. The van der Waals surface area contributed by atoms with Crippen molar-refractivity contribution in [1.29, 1.82) is 5.26 Å². The van der Waals surface area contributed by atoms with Crippen LogP contribution in [0, 0.1) is 17.2 Å². The van der Waals surface area contributed by atoms with E-state index in [4.69, 9.17) is 5.26 Å². The first-order chi connectivity index (χ1) is 9.83. The topological polar surface area (TPSA) is 68.9 Å². The van der Waals surface area contributed by atoms with Gasteiger partial charge in [0.15, 0.2) is 0 Å². The fraction of sp³-hybridized carbons (Fsp3) is 0.250. The van der Waals surface area contributed by atoms with Crippen LogP contribution in [0.2, 0.25) is 0 Å². The van der Waals surface area contributed by atoms with Crippen LogP contribution in [0.4, 0.5) is 5.82 Å². The Kier molecular flexibility index (Phi) is 5.10. The Morgan fingerprint density at radius 3 is 2.70 bits per heavy atom. The number of anilines is 1. The van der Waals surface area contributed by atoms with Crippen molar-refractivity contribution in [1.82, 2.24) is 4.98 Å². The average Bonchev–Trinajstić information content (AvgIpc) is 2.52. The lowest BCUT2D eigenvalue weighted by Crippen LogP contribution is -2.21. The monoisotopic (exact) mass is 267 g/mol. The maximum absolute atomic E-state index is 9.47. The maximum atomic E-state index is 9.47. The highest BCUT2D eigenvalue weighted by atomic mass is 16.3. The summed E-state index contributed by atoms with van der Waals surface area (Å²) < 4.78 is 0. The minimum atomic E-state index is 0.0888. The molecule has 0 fully saturated rings. The Morgan fingerprint density at radius 1 is 1.20 bits per heavy atom. The summed E-state index contributed by atoms with van der Waals surface area (Å²) in [6, 6.07) is 15.6. The lowest BCUT2D eigenvalue weighted by atomic mass is 10.00. The number of aliphatic hydroxyl groups is 1. The van der Waals surface area contributed by atoms with Crippen LogP contribution in [0.15, 0.2) is 48.7 Å². The van der Waals surface area contributed by atoms with Gasteiger partial charge in [-0.15, -0.1) is 0 Å². The highest BCUT2D eigenvalue weighted by molar-refractivity contribution is 5.51. The van der Waals surface area contributed by atoms with Gasteiger partial charge in [-0.05, 0) is 24.1 Å². The van der Waals surface area contributed by atoms with Crippen LogP contribution in [0.25, 0.3) is 0 Å². The molecule has 20 heavy (non-hydrogen) atoms. The first-order valence-corrected chi connectivity index (χ1v) is 6.57. The largest absolute Gasteiger partial charge is 0.396 e. The average molecular weight is 267 g/mol. The van der Waals surface area contributed by atoms with Crippen molar-refractivity contribution < 1.29 is 5.11 Å². The number of aliphatic hydroxyl groups excluding tert-OH is 1. The molecule has 4 nitrogen and oxygen atoms in total. The number of pyridine rings is 1. The summed E-state index contributed by atoms with van der Waals surface area (Å²) in [6.07, 6.45) is 2.44. The van der Waals surface area contributed by atoms with Gasteiger partial charge in [0.1, 0.15) is 11.9 Å². The number of hydrogen-bond acceptors (Lipinski definition) is 4. The quantitative estimate of drug-likeness (QED) is 0.842. The molecule has 0 aliphatic rings. The number of aromatic nitrogens is 1. The minimum absolute atomic E-state index is 0.0888. The van der Waals surface area contributed by atoms with Crippen LogP contribution in [-0.4, -0.2) is 23.2 Å². The van der Waals surface area contributed by atoms with Gasteiger partial charge in [0.05, 0.1) is 5.56 Å². The van der Waals surface area contributed by atoms with Crippen molar-refractivity contribution >= 4 is 5.82 Å². The molecule has 0 aliphatic carbocycles. The van der Waals surface area contributed by atoms with Crippen molar-refractivity contribution in [2.45, 2.75) is 6.42 Å². The van der Waals surface area contributed by atoms with E-state index >= 15 is 0 Å². The van der Waals surface area contributed by atoms with Gasteiger partial charge in [0, 0.05) is 25.3 Å². The zero-order valence-corrected chi connectivity index (χ0v) is 11.2. The second kappa shape index (κ2) is 7.27. The Balaban J connectivity index is 1.96. The molecular formula is C16H17N3O. The Hall–Kier alpha value is -2.38. The first-order valence-electron chi connectivity index (χ1n) is 6.57. The summed E-state index contributed by atoms with van der Waals surface area (Å²) in [5, 5.41) is 21.6. The highest BCUT2D eigenvalue weighted by Gasteiger charge is 2.10. The van der Waals surface area contributed by atoms with Crippen molar-refractivity contribution in [3.05, 3.63) is 59.8 Å². The molecule has 0 saturated carbocycles. The smallest absolute Gasteiger partial charge is 0.143 e. The number of hydrogen-bond donors (Lipinski definition) is 2. The summed E-state index contributed by atoms with van der Waals surface area (Å²) in [6.45, 7) is 0.674. The van der Waals surface area contributed by atoms with Crippen LogP contribution in [0.1, 0.15) is 11.1 Å². The van der Waals surface area contributed by atoms with Crippen molar-refractivity contribution in [3.63, 3.8) is 0 Å². The van der Waals surface area contributed by atoms with E-state index in [1.165, 1.54) is 5.56 Å². The Labute approximate surface area is 118 Å². The number of rotatable bonds is 6. The van der Waals surface area contributed by atoms with Gasteiger partial charge >= 0.3 is 0 Å². The number of benzene rings is 1. The van der Waals surface area contributed by atoms with Gasteiger partial charge in [-0.1, -0.05) is 30.3 Å². The van der Waals surface area contributed by atoms with Crippen LogP contribution in [0.5, 0.6) is 0 Å². The third kappa shape index (κ3) is 3.81. The molecule has 102 valence electrons. The molecule has 2 rings (SSSR count). The van der Waals surface area contributed by atoms with E-state index in [2.05, 4.69) is 16.4 Å². The van der Waals surface area contributed by atoms with Crippen LogP contribution < -0.4 is 5.32 Å². The van der Waals surface area contributed by atoms with Gasteiger partial charge in [0.25, 0.3) is 0 Å². The third-order valence-electron chi connectivity index (χ3n) is 3.11. The minimum Gasteiger partial charge on any atom is -0.396 e.